The summed E-state index contributed by atoms with van der Waals surface area (Å²) in [6.07, 6.45) is 0. The number of β-amino-alcohol motifs (C(OH)–C–C–N with tert-alkyl or cyclic N) is 1. The molecule has 7 heteroatoms. The SMILES string of the molecule is O=[N+]([O-])c1ccc(N2CCN(CCO)CC2)cc1N(Cc1ccccc1)c1ccccc1. The molecule has 4 rings (SSSR count). The van der Waals surface area contributed by atoms with Gasteiger partial charge in [0.2, 0.25) is 0 Å². The molecule has 0 aliphatic carbocycles. The number of hydrogen-bond acceptors (Lipinski definition) is 6. The summed E-state index contributed by atoms with van der Waals surface area (Å²) < 4.78 is 0. The predicted octanol–water partition coefficient (Wildman–Crippen LogP) is 4.05. The third-order valence-electron chi connectivity index (χ3n) is 5.85. The second kappa shape index (κ2) is 10.3. The minimum absolute atomic E-state index is 0.0902. The highest BCUT2D eigenvalue weighted by Gasteiger charge is 2.24. The van der Waals surface area contributed by atoms with Crippen LogP contribution in [0, 0.1) is 10.1 Å². The van der Waals surface area contributed by atoms with E-state index in [1.54, 1.807) is 6.07 Å². The van der Waals surface area contributed by atoms with Gasteiger partial charge in [0.05, 0.1) is 11.5 Å². The molecule has 1 fully saturated rings. The summed E-state index contributed by atoms with van der Waals surface area (Å²) >= 11 is 0. The first kappa shape index (κ1) is 21.8. The van der Waals surface area contributed by atoms with Gasteiger partial charge in [-0.1, -0.05) is 48.5 Å². The molecule has 3 aromatic carbocycles. The first-order chi connectivity index (χ1) is 15.7. The molecular formula is C25H28N4O3. The van der Waals surface area contributed by atoms with Crippen molar-refractivity contribution < 1.29 is 10.0 Å². The van der Waals surface area contributed by atoms with Crippen molar-refractivity contribution in [3.8, 4) is 0 Å². The second-order valence-corrected chi connectivity index (χ2v) is 7.89. The number of piperazine rings is 1. The van der Waals surface area contributed by atoms with Gasteiger partial charge in [0.25, 0.3) is 5.69 Å². The van der Waals surface area contributed by atoms with E-state index in [0.29, 0.717) is 18.8 Å². The van der Waals surface area contributed by atoms with Gasteiger partial charge in [-0.15, -0.1) is 0 Å². The molecule has 0 unspecified atom stereocenters. The van der Waals surface area contributed by atoms with E-state index in [4.69, 9.17) is 0 Å². The normalized spacial score (nSPS) is 14.3. The fourth-order valence-electron chi connectivity index (χ4n) is 4.14. The Bertz CT molecular complexity index is 1020. The van der Waals surface area contributed by atoms with E-state index in [1.807, 2.05) is 77.7 Å². The van der Waals surface area contributed by atoms with Crippen molar-refractivity contribution in [1.29, 1.82) is 0 Å². The van der Waals surface area contributed by atoms with E-state index >= 15 is 0 Å². The van der Waals surface area contributed by atoms with Crippen LogP contribution in [-0.4, -0.2) is 54.3 Å². The van der Waals surface area contributed by atoms with E-state index < -0.39 is 0 Å². The Kier molecular flexibility index (Phi) is 6.99. The number of nitro benzene ring substituents is 1. The van der Waals surface area contributed by atoms with Crippen molar-refractivity contribution in [2.24, 2.45) is 0 Å². The van der Waals surface area contributed by atoms with Gasteiger partial charge in [-0.25, -0.2) is 0 Å². The number of para-hydroxylation sites is 1. The van der Waals surface area contributed by atoms with Gasteiger partial charge >= 0.3 is 0 Å². The molecular weight excluding hydrogens is 404 g/mol. The molecule has 1 N–H and O–H groups in total. The number of aliphatic hydroxyl groups excluding tert-OH is 1. The Balaban J connectivity index is 1.70. The Labute approximate surface area is 188 Å². The molecule has 0 spiro atoms. The topological polar surface area (TPSA) is 73.1 Å². The molecule has 0 saturated carbocycles. The molecule has 166 valence electrons. The maximum Gasteiger partial charge on any atom is 0.293 e. The maximum absolute atomic E-state index is 11.9. The molecule has 0 aromatic heterocycles. The number of nitrogens with zero attached hydrogens (tertiary/aromatic N) is 4. The highest BCUT2D eigenvalue weighted by Crippen LogP contribution is 2.38. The molecule has 0 amide bonds. The number of hydrogen-bond donors (Lipinski definition) is 1. The molecule has 1 aliphatic rings. The number of nitro groups is 1. The second-order valence-electron chi connectivity index (χ2n) is 7.89. The minimum Gasteiger partial charge on any atom is -0.395 e. The number of aliphatic hydroxyl groups is 1. The molecule has 1 saturated heterocycles. The summed E-state index contributed by atoms with van der Waals surface area (Å²) in [7, 11) is 0. The van der Waals surface area contributed by atoms with Gasteiger partial charge in [-0.05, 0) is 29.8 Å². The smallest absolute Gasteiger partial charge is 0.293 e. The largest absolute Gasteiger partial charge is 0.395 e. The van der Waals surface area contributed by atoms with Gasteiger partial charge in [0.1, 0.15) is 5.69 Å². The van der Waals surface area contributed by atoms with Crippen LogP contribution in [0.15, 0.2) is 78.9 Å². The van der Waals surface area contributed by atoms with Crippen molar-refractivity contribution >= 4 is 22.7 Å². The highest BCUT2D eigenvalue weighted by molar-refractivity contribution is 5.76. The van der Waals surface area contributed by atoms with Crippen LogP contribution < -0.4 is 9.80 Å². The Morgan fingerprint density at radius 2 is 1.56 bits per heavy atom. The maximum atomic E-state index is 11.9. The average molecular weight is 433 g/mol. The summed E-state index contributed by atoms with van der Waals surface area (Å²) in [4.78, 5) is 18.1. The van der Waals surface area contributed by atoms with Crippen molar-refractivity contribution in [3.63, 3.8) is 0 Å². The van der Waals surface area contributed by atoms with Gasteiger partial charge in [-0.2, -0.15) is 0 Å². The minimum atomic E-state index is -0.306. The van der Waals surface area contributed by atoms with E-state index in [0.717, 1.165) is 43.1 Å². The molecule has 0 atom stereocenters. The molecule has 7 nitrogen and oxygen atoms in total. The van der Waals surface area contributed by atoms with Gasteiger partial charge in [-0.3, -0.25) is 15.0 Å². The van der Waals surface area contributed by atoms with E-state index in [1.165, 1.54) is 0 Å². The summed E-state index contributed by atoms with van der Waals surface area (Å²) in [6, 6.07) is 25.2. The van der Waals surface area contributed by atoms with Crippen molar-refractivity contribution in [2.75, 3.05) is 49.1 Å². The van der Waals surface area contributed by atoms with Crippen LogP contribution in [-0.2, 0) is 6.54 Å². The fourth-order valence-corrected chi connectivity index (χ4v) is 4.14. The predicted molar refractivity (Wildman–Crippen MR) is 128 cm³/mol. The number of rotatable bonds is 8. The molecule has 0 bridgehead atoms. The van der Waals surface area contributed by atoms with Crippen LogP contribution in [0.1, 0.15) is 5.56 Å². The van der Waals surface area contributed by atoms with Gasteiger partial charge in [0.15, 0.2) is 0 Å². The Hall–Kier alpha value is -3.42. The van der Waals surface area contributed by atoms with E-state index in [-0.39, 0.29) is 17.2 Å². The van der Waals surface area contributed by atoms with Crippen LogP contribution >= 0.6 is 0 Å². The van der Waals surface area contributed by atoms with Crippen LogP contribution in [0.4, 0.5) is 22.7 Å². The standard InChI is InChI=1S/C25H28N4O3/c30-18-17-26-13-15-27(16-14-26)23-11-12-24(29(31)32)25(19-23)28(22-9-5-2-6-10-22)20-21-7-3-1-4-8-21/h1-12,19,30H,13-18,20H2. The van der Waals surface area contributed by atoms with E-state index in [2.05, 4.69) is 9.80 Å². The molecule has 3 aromatic rings. The zero-order valence-corrected chi connectivity index (χ0v) is 18.0. The Morgan fingerprint density at radius 1 is 0.906 bits per heavy atom. The van der Waals surface area contributed by atoms with Crippen molar-refractivity contribution in [2.45, 2.75) is 6.54 Å². The zero-order valence-electron chi connectivity index (χ0n) is 18.0. The monoisotopic (exact) mass is 432 g/mol. The van der Waals surface area contributed by atoms with Crippen LogP contribution in [0.5, 0.6) is 0 Å². The van der Waals surface area contributed by atoms with Crippen molar-refractivity contribution in [1.82, 2.24) is 4.90 Å². The van der Waals surface area contributed by atoms with Crippen molar-refractivity contribution in [3.05, 3.63) is 94.5 Å². The summed E-state index contributed by atoms with van der Waals surface area (Å²) in [6.45, 7) is 4.73. The lowest BCUT2D eigenvalue weighted by Gasteiger charge is -2.36. The average Bonchev–Trinajstić information content (AvgIpc) is 2.84. The summed E-state index contributed by atoms with van der Waals surface area (Å²) in [5.74, 6) is 0. The molecule has 32 heavy (non-hydrogen) atoms. The number of anilines is 3. The quantitative estimate of drug-likeness (QED) is 0.428. The molecule has 1 aliphatic heterocycles. The fraction of sp³-hybridized carbons (Fsp3) is 0.280. The summed E-state index contributed by atoms with van der Waals surface area (Å²) in [5.41, 5.74) is 3.63. The first-order valence-electron chi connectivity index (χ1n) is 10.9. The lowest BCUT2D eigenvalue weighted by Crippen LogP contribution is -2.47. The molecule has 1 heterocycles. The van der Waals surface area contributed by atoms with Crippen LogP contribution in [0.3, 0.4) is 0 Å². The van der Waals surface area contributed by atoms with E-state index in [9.17, 15) is 15.2 Å². The Morgan fingerprint density at radius 3 is 2.19 bits per heavy atom. The van der Waals surface area contributed by atoms with Crippen LogP contribution in [0.2, 0.25) is 0 Å². The van der Waals surface area contributed by atoms with Crippen LogP contribution in [0.25, 0.3) is 0 Å². The first-order valence-corrected chi connectivity index (χ1v) is 10.9. The summed E-state index contributed by atoms with van der Waals surface area (Å²) in [5, 5.41) is 21.1. The molecule has 0 radical (unpaired) electrons. The highest BCUT2D eigenvalue weighted by atomic mass is 16.6. The lowest BCUT2D eigenvalue weighted by molar-refractivity contribution is -0.384. The zero-order chi connectivity index (χ0) is 22.3. The third-order valence-corrected chi connectivity index (χ3v) is 5.85. The lowest BCUT2D eigenvalue weighted by atomic mass is 10.1. The van der Waals surface area contributed by atoms with Gasteiger partial charge < -0.3 is 14.9 Å². The third kappa shape index (κ3) is 5.07. The number of benzene rings is 3. The van der Waals surface area contributed by atoms with Gasteiger partial charge in [0, 0.05) is 56.7 Å².